The molecular formula is C8H15I2NO. The monoisotopic (exact) mass is 395 g/mol. The molecule has 1 amide bonds. The minimum absolute atomic E-state index is 0.0693. The molecule has 12 heavy (non-hydrogen) atoms. The van der Waals surface area contributed by atoms with Gasteiger partial charge in [-0.25, -0.2) is 0 Å². The molecule has 1 aliphatic rings. The molecule has 1 saturated carbocycles. The van der Waals surface area contributed by atoms with Crippen LogP contribution >= 0.6 is 45.2 Å². The van der Waals surface area contributed by atoms with Crippen LogP contribution in [0.3, 0.4) is 0 Å². The van der Waals surface area contributed by atoms with Gasteiger partial charge in [0.2, 0.25) is 5.91 Å². The van der Waals surface area contributed by atoms with E-state index in [1.807, 2.05) is 45.2 Å². The minimum atomic E-state index is -0.267. The van der Waals surface area contributed by atoms with Crippen molar-refractivity contribution in [3.63, 3.8) is 0 Å². The van der Waals surface area contributed by atoms with Gasteiger partial charge in [-0.3, -0.25) is 4.79 Å². The highest BCUT2D eigenvalue weighted by Crippen LogP contribution is 2.15. The second kappa shape index (κ2) is 8.52. The second-order valence-corrected chi connectivity index (χ2v) is 7.70. The van der Waals surface area contributed by atoms with Gasteiger partial charge in [0.1, 0.15) is 1.93 Å². The average molecular weight is 395 g/mol. The first kappa shape index (κ1) is 12.9. The molecule has 2 N–H and O–H groups in total. The van der Waals surface area contributed by atoms with Gasteiger partial charge in [-0.15, -0.1) is 0 Å². The fourth-order valence-corrected chi connectivity index (χ4v) is 1.06. The van der Waals surface area contributed by atoms with Gasteiger partial charge in [0.25, 0.3) is 0 Å². The Balaban J connectivity index is 0.000000202. The summed E-state index contributed by atoms with van der Waals surface area (Å²) in [5.74, 6) is -0.267. The Morgan fingerprint density at radius 3 is 1.25 bits per heavy atom. The van der Waals surface area contributed by atoms with E-state index in [0.717, 1.165) is 0 Å². The molecule has 0 atom stereocenters. The molecule has 0 radical (unpaired) electrons. The topological polar surface area (TPSA) is 43.1 Å². The molecule has 4 heteroatoms. The van der Waals surface area contributed by atoms with Gasteiger partial charge in [0, 0.05) is 0 Å². The van der Waals surface area contributed by atoms with Crippen molar-refractivity contribution < 1.29 is 4.79 Å². The first-order valence-corrected chi connectivity index (χ1v) is 6.71. The van der Waals surface area contributed by atoms with Crippen LogP contribution in [0.2, 0.25) is 0 Å². The van der Waals surface area contributed by atoms with E-state index in [9.17, 15) is 4.79 Å². The zero-order valence-electron chi connectivity index (χ0n) is 7.06. The van der Waals surface area contributed by atoms with E-state index in [2.05, 4.69) is 0 Å². The number of carbonyl (C=O) groups excluding carboxylic acids is 1. The zero-order chi connectivity index (χ0) is 9.40. The Hall–Kier alpha value is 0.930. The fraction of sp³-hybridized carbons (Fsp3) is 0.875. The van der Waals surface area contributed by atoms with Crippen molar-refractivity contribution in [1.82, 2.24) is 0 Å². The van der Waals surface area contributed by atoms with Crippen molar-refractivity contribution in [2.75, 3.05) is 0 Å². The van der Waals surface area contributed by atoms with E-state index in [0.29, 0.717) is 0 Å². The fourth-order valence-electron chi connectivity index (χ4n) is 1.06. The lowest BCUT2D eigenvalue weighted by molar-refractivity contribution is -0.115. The van der Waals surface area contributed by atoms with Crippen LogP contribution in [0.15, 0.2) is 0 Å². The van der Waals surface area contributed by atoms with Crippen molar-refractivity contribution in [3.05, 3.63) is 0 Å². The molecule has 0 unspecified atom stereocenters. The highest BCUT2D eigenvalue weighted by atomic mass is 127. The summed E-state index contributed by atoms with van der Waals surface area (Å²) in [4.78, 5) is 9.91. The van der Waals surface area contributed by atoms with Crippen LogP contribution in [0.25, 0.3) is 0 Å². The molecule has 0 aromatic heterocycles. The number of carbonyl (C=O) groups is 1. The lowest BCUT2D eigenvalue weighted by atomic mass is 10.0. The maximum absolute atomic E-state index is 9.91. The quantitative estimate of drug-likeness (QED) is 0.539. The van der Waals surface area contributed by atoms with Gasteiger partial charge >= 0.3 is 0 Å². The second-order valence-electron chi connectivity index (χ2n) is 2.82. The average Bonchev–Trinajstić information content (AvgIpc) is 2.08. The molecule has 0 spiro atoms. The molecule has 0 heterocycles. The normalized spacial score (nSPS) is 16.6. The van der Waals surface area contributed by atoms with E-state index in [-0.39, 0.29) is 7.84 Å². The van der Waals surface area contributed by atoms with E-state index in [1.54, 1.807) is 0 Å². The first-order chi connectivity index (χ1) is 5.64. The summed E-state index contributed by atoms with van der Waals surface area (Å²) >= 11 is 3.89. The van der Waals surface area contributed by atoms with Crippen LogP contribution in [0, 0.1) is 0 Å². The molecule has 1 rings (SSSR count). The van der Waals surface area contributed by atoms with Gasteiger partial charge in [-0.2, -0.15) is 0 Å². The van der Waals surface area contributed by atoms with Crippen LogP contribution in [0.4, 0.5) is 0 Å². The van der Waals surface area contributed by atoms with Gasteiger partial charge in [0.05, 0.1) is 0 Å². The molecule has 0 aromatic carbocycles. The largest absolute Gasteiger partial charge is 0.368 e. The van der Waals surface area contributed by atoms with Crippen molar-refractivity contribution in [2.45, 2.75) is 40.5 Å². The molecule has 72 valence electrons. The zero-order valence-corrected chi connectivity index (χ0v) is 11.4. The van der Waals surface area contributed by atoms with Gasteiger partial charge in [-0.05, 0) is 0 Å². The first-order valence-electron chi connectivity index (χ1n) is 4.22. The van der Waals surface area contributed by atoms with Crippen molar-refractivity contribution in [3.8, 4) is 0 Å². The van der Waals surface area contributed by atoms with Crippen LogP contribution in [0.1, 0.15) is 38.5 Å². The Morgan fingerprint density at radius 2 is 1.17 bits per heavy atom. The van der Waals surface area contributed by atoms with E-state index < -0.39 is 0 Å². The summed E-state index contributed by atoms with van der Waals surface area (Å²) < 4.78 is -0.0693. The third-order valence-corrected chi connectivity index (χ3v) is 2.94. The number of rotatable bonds is 1. The third-order valence-electron chi connectivity index (χ3n) is 1.72. The molecule has 0 bridgehead atoms. The van der Waals surface area contributed by atoms with Gasteiger partial charge < -0.3 is 5.73 Å². The maximum Gasteiger partial charge on any atom is 0.240 e. The number of primary amides is 1. The number of amides is 1. The number of halogens is 2. The molecule has 1 aliphatic carbocycles. The molecule has 0 aliphatic heterocycles. The maximum atomic E-state index is 9.91. The highest BCUT2D eigenvalue weighted by Gasteiger charge is 2.00. The van der Waals surface area contributed by atoms with Crippen molar-refractivity contribution in [1.29, 1.82) is 0 Å². The summed E-state index contributed by atoms with van der Waals surface area (Å²) in [7, 11) is 0. The molecule has 2 nitrogen and oxygen atoms in total. The minimum Gasteiger partial charge on any atom is -0.368 e. The Morgan fingerprint density at radius 1 is 1.00 bits per heavy atom. The molecule has 0 aromatic rings. The Kier molecular flexibility index (Phi) is 9.19. The van der Waals surface area contributed by atoms with Crippen LogP contribution in [-0.4, -0.2) is 7.84 Å². The Labute approximate surface area is 101 Å². The van der Waals surface area contributed by atoms with E-state index in [1.165, 1.54) is 38.5 Å². The highest BCUT2D eigenvalue weighted by molar-refractivity contribution is 14.2. The summed E-state index contributed by atoms with van der Waals surface area (Å²) in [6.45, 7) is 0. The smallest absolute Gasteiger partial charge is 0.240 e. The van der Waals surface area contributed by atoms with E-state index in [4.69, 9.17) is 5.73 Å². The standard InChI is InChI=1S/C6H12.C2H3I2NO/c1-2-4-6-5-3-1;3-1(4)2(5)6/h1-6H2;1H,(H2,5,6). The predicted octanol–water partition coefficient (Wildman–Crippen LogP) is 3.01. The molecule has 0 saturated heterocycles. The van der Waals surface area contributed by atoms with Crippen molar-refractivity contribution in [2.24, 2.45) is 5.73 Å². The lowest BCUT2D eigenvalue weighted by Crippen LogP contribution is -2.16. The van der Waals surface area contributed by atoms with Crippen LogP contribution < -0.4 is 5.73 Å². The summed E-state index contributed by atoms with van der Waals surface area (Å²) in [6, 6.07) is 0. The Bertz CT molecular complexity index is 113. The third kappa shape index (κ3) is 9.02. The summed E-state index contributed by atoms with van der Waals surface area (Å²) in [6.07, 6.45) is 9.00. The summed E-state index contributed by atoms with van der Waals surface area (Å²) in [5.41, 5.74) is 4.78. The number of hydrogen-bond acceptors (Lipinski definition) is 1. The number of hydrogen-bond donors (Lipinski definition) is 1. The predicted molar refractivity (Wildman–Crippen MR) is 68.7 cm³/mol. The van der Waals surface area contributed by atoms with Crippen LogP contribution in [0.5, 0.6) is 0 Å². The number of nitrogens with two attached hydrogens (primary N) is 1. The summed E-state index contributed by atoms with van der Waals surface area (Å²) in [5, 5.41) is 0. The number of alkyl halides is 2. The van der Waals surface area contributed by atoms with Gasteiger partial charge in [-0.1, -0.05) is 83.7 Å². The van der Waals surface area contributed by atoms with Gasteiger partial charge in [0.15, 0.2) is 0 Å². The molecular weight excluding hydrogens is 380 g/mol. The van der Waals surface area contributed by atoms with Crippen LogP contribution in [-0.2, 0) is 4.79 Å². The van der Waals surface area contributed by atoms with Crippen molar-refractivity contribution >= 4 is 51.1 Å². The lowest BCUT2D eigenvalue weighted by Gasteiger charge is -2.05. The van der Waals surface area contributed by atoms with E-state index >= 15 is 0 Å². The molecule has 1 fully saturated rings. The SMILES string of the molecule is C1CCCCC1.NC(=O)C(I)I.